The van der Waals surface area contributed by atoms with E-state index >= 15 is 0 Å². The normalized spacial score (nSPS) is 11.7. The first kappa shape index (κ1) is 18.2. The summed E-state index contributed by atoms with van der Waals surface area (Å²) in [5.74, 6) is 0.390. The lowest BCUT2D eigenvalue weighted by Crippen LogP contribution is -2.26. The maximum absolute atomic E-state index is 12.1. The van der Waals surface area contributed by atoms with Crippen molar-refractivity contribution in [1.82, 2.24) is 14.9 Å². The largest absolute Gasteiger partial charge is 0.350 e. The molecule has 0 spiro atoms. The topological polar surface area (TPSA) is 81.1 Å². The summed E-state index contributed by atoms with van der Waals surface area (Å²) in [4.78, 5) is 16.4. The van der Waals surface area contributed by atoms with Gasteiger partial charge in [-0.05, 0) is 23.6 Å². The first-order valence-corrected chi connectivity index (χ1v) is 9.69. The van der Waals surface area contributed by atoms with Crippen LogP contribution in [0.5, 0.6) is 0 Å². The zero-order chi connectivity index (χ0) is 17.7. The van der Waals surface area contributed by atoms with Gasteiger partial charge in [0.1, 0.15) is 0 Å². The van der Waals surface area contributed by atoms with Crippen LogP contribution in [-0.2, 0) is 34.1 Å². The Bertz CT molecular complexity index is 793. The number of aromatic nitrogens is 2. The Balaban J connectivity index is 1.91. The van der Waals surface area contributed by atoms with Crippen LogP contribution in [-0.4, -0.2) is 30.1 Å². The van der Waals surface area contributed by atoms with Crippen molar-refractivity contribution in [3.8, 4) is 0 Å². The van der Waals surface area contributed by atoms with Gasteiger partial charge >= 0.3 is 0 Å². The minimum Gasteiger partial charge on any atom is -0.350 e. The van der Waals surface area contributed by atoms with Crippen molar-refractivity contribution in [2.24, 2.45) is 5.92 Å². The first-order valence-electron chi connectivity index (χ1n) is 7.80. The second-order valence-electron chi connectivity index (χ2n) is 6.30. The van der Waals surface area contributed by atoms with E-state index in [1.165, 1.54) is 12.1 Å². The lowest BCUT2D eigenvalue weighted by molar-refractivity contribution is -0.120. The second-order valence-corrected chi connectivity index (χ2v) is 8.32. The summed E-state index contributed by atoms with van der Waals surface area (Å²) < 4.78 is 24.9. The van der Waals surface area contributed by atoms with E-state index in [1.807, 2.05) is 4.57 Å². The number of imidazole rings is 1. The number of amides is 1. The fourth-order valence-corrected chi connectivity index (χ4v) is 2.98. The van der Waals surface area contributed by atoms with Crippen molar-refractivity contribution in [1.29, 1.82) is 0 Å². The summed E-state index contributed by atoms with van der Waals surface area (Å²) >= 11 is 0. The van der Waals surface area contributed by atoms with Crippen molar-refractivity contribution >= 4 is 15.7 Å². The van der Waals surface area contributed by atoms with Crippen LogP contribution >= 0.6 is 0 Å². The zero-order valence-corrected chi connectivity index (χ0v) is 15.0. The van der Waals surface area contributed by atoms with Crippen LogP contribution in [0.2, 0.25) is 0 Å². The number of nitrogens with one attached hydrogen (secondary N) is 1. The maximum atomic E-state index is 12.1. The molecule has 1 aromatic heterocycles. The highest BCUT2D eigenvalue weighted by Crippen LogP contribution is 2.11. The Morgan fingerprint density at radius 1 is 1.25 bits per heavy atom. The molecule has 2 rings (SSSR count). The minimum atomic E-state index is -3.21. The van der Waals surface area contributed by atoms with Crippen LogP contribution in [0.4, 0.5) is 0 Å². The van der Waals surface area contributed by atoms with Crippen LogP contribution in [0.15, 0.2) is 41.7 Å². The van der Waals surface area contributed by atoms with E-state index in [-0.39, 0.29) is 17.2 Å². The van der Waals surface area contributed by atoms with E-state index in [9.17, 15) is 13.2 Å². The van der Waals surface area contributed by atoms with Gasteiger partial charge in [-0.1, -0.05) is 26.0 Å². The number of nitrogens with zero attached hydrogens (tertiary/aromatic N) is 2. The molecule has 1 heterocycles. The van der Waals surface area contributed by atoms with Gasteiger partial charge in [0.25, 0.3) is 0 Å². The third-order valence-corrected chi connectivity index (χ3v) is 4.67. The molecule has 0 bridgehead atoms. The van der Waals surface area contributed by atoms with Crippen molar-refractivity contribution < 1.29 is 13.2 Å². The van der Waals surface area contributed by atoms with Gasteiger partial charge < -0.3 is 9.88 Å². The molecule has 0 fully saturated rings. The third kappa shape index (κ3) is 5.19. The molecule has 24 heavy (non-hydrogen) atoms. The Morgan fingerprint density at radius 2 is 1.92 bits per heavy atom. The molecule has 7 heteroatoms. The van der Waals surface area contributed by atoms with Crippen LogP contribution in [0.25, 0.3) is 0 Å². The fraction of sp³-hybridized carbons (Fsp3) is 0.412. The molecule has 0 aliphatic heterocycles. The average Bonchev–Trinajstić information content (AvgIpc) is 2.91. The van der Waals surface area contributed by atoms with Crippen molar-refractivity contribution in [3.05, 3.63) is 48.0 Å². The average molecular weight is 349 g/mol. The monoisotopic (exact) mass is 349 g/mol. The Kier molecular flexibility index (Phi) is 5.77. The maximum Gasteiger partial charge on any atom is 0.224 e. The van der Waals surface area contributed by atoms with Gasteiger partial charge in [0.05, 0.1) is 29.9 Å². The summed E-state index contributed by atoms with van der Waals surface area (Å²) in [7, 11) is -3.21. The van der Waals surface area contributed by atoms with E-state index in [4.69, 9.17) is 0 Å². The van der Waals surface area contributed by atoms with Gasteiger partial charge in [-0.15, -0.1) is 0 Å². The van der Waals surface area contributed by atoms with E-state index in [0.717, 1.165) is 24.1 Å². The molecule has 0 aliphatic carbocycles. The summed E-state index contributed by atoms with van der Waals surface area (Å²) in [5, 5.41) is 2.87. The number of carbonyl (C=O) groups is 1. The number of sulfone groups is 1. The van der Waals surface area contributed by atoms with Gasteiger partial charge in [-0.3, -0.25) is 4.79 Å². The molecule has 0 aliphatic rings. The van der Waals surface area contributed by atoms with E-state index in [1.54, 1.807) is 24.7 Å². The van der Waals surface area contributed by atoms with Crippen molar-refractivity contribution in [2.75, 3.05) is 6.26 Å². The third-order valence-electron chi connectivity index (χ3n) is 3.54. The zero-order valence-electron chi connectivity index (χ0n) is 14.2. The molecule has 0 atom stereocenters. The first-order chi connectivity index (χ1) is 11.3. The standard InChI is InChI=1S/C17H23N3O3S/c1-13(2)11-20-12-18-9-15(20)10-19-17(21)8-14-4-6-16(7-5-14)24(3,22)23/h4-7,9,12-13H,8,10-11H2,1-3H3,(H,19,21). The molecule has 1 N–H and O–H groups in total. The molecule has 0 saturated heterocycles. The smallest absolute Gasteiger partial charge is 0.224 e. The molecule has 0 unspecified atom stereocenters. The molecule has 1 amide bonds. The number of rotatable bonds is 7. The lowest BCUT2D eigenvalue weighted by atomic mass is 10.1. The van der Waals surface area contributed by atoms with Gasteiger partial charge in [0.15, 0.2) is 9.84 Å². The van der Waals surface area contributed by atoms with Crippen LogP contribution < -0.4 is 5.32 Å². The highest BCUT2D eigenvalue weighted by atomic mass is 32.2. The van der Waals surface area contributed by atoms with E-state index in [0.29, 0.717) is 12.5 Å². The van der Waals surface area contributed by atoms with Crippen LogP contribution in [0, 0.1) is 5.92 Å². The lowest BCUT2D eigenvalue weighted by Gasteiger charge is -2.11. The molecule has 0 radical (unpaired) electrons. The Hall–Kier alpha value is -2.15. The Labute approximate surface area is 142 Å². The Morgan fingerprint density at radius 3 is 2.50 bits per heavy atom. The number of benzene rings is 1. The highest BCUT2D eigenvalue weighted by Gasteiger charge is 2.09. The fourth-order valence-electron chi connectivity index (χ4n) is 2.34. The predicted molar refractivity (Wildman–Crippen MR) is 92.2 cm³/mol. The van der Waals surface area contributed by atoms with Crippen LogP contribution in [0.3, 0.4) is 0 Å². The molecule has 6 nitrogen and oxygen atoms in total. The quantitative estimate of drug-likeness (QED) is 0.826. The number of hydrogen-bond acceptors (Lipinski definition) is 4. The molecular weight excluding hydrogens is 326 g/mol. The summed E-state index contributed by atoms with van der Waals surface area (Å²) in [6, 6.07) is 6.38. The van der Waals surface area contributed by atoms with E-state index in [2.05, 4.69) is 24.1 Å². The molecule has 2 aromatic rings. The predicted octanol–water partition coefficient (Wildman–Crippen LogP) is 1.80. The number of hydrogen-bond donors (Lipinski definition) is 1. The van der Waals surface area contributed by atoms with Crippen molar-refractivity contribution in [3.63, 3.8) is 0 Å². The van der Waals surface area contributed by atoms with Gasteiger partial charge in [-0.25, -0.2) is 13.4 Å². The molecule has 1 aromatic carbocycles. The van der Waals surface area contributed by atoms with Crippen molar-refractivity contribution in [2.45, 2.75) is 38.3 Å². The summed E-state index contributed by atoms with van der Waals surface area (Å²) in [6.07, 6.45) is 4.90. The SMILES string of the molecule is CC(C)Cn1cncc1CNC(=O)Cc1ccc(S(C)(=O)=O)cc1. The highest BCUT2D eigenvalue weighted by molar-refractivity contribution is 7.90. The molecular formula is C17H23N3O3S. The second kappa shape index (κ2) is 7.61. The molecule has 0 saturated carbocycles. The summed E-state index contributed by atoms with van der Waals surface area (Å²) in [6.45, 7) is 5.54. The van der Waals surface area contributed by atoms with Gasteiger partial charge in [0, 0.05) is 19.0 Å². The number of carbonyl (C=O) groups excluding carboxylic acids is 1. The minimum absolute atomic E-state index is 0.112. The van der Waals surface area contributed by atoms with Gasteiger partial charge in [-0.2, -0.15) is 0 Å². The van der Waals surface area contributed by atoms with Crippen LogP contribution in [0.1, 0.15) is 25.1 Å². The van der Waals surface area contributed by atoms with E-state index < -0.39 is 9.84 Å². The van der Waals surface area contributed by atoms with Gasteiger partial charge in [0.2, 0.25) is 5.91 Å². The summed E-state index contributed by atoms with van der Waals surface area (Å²) in [5.41, 5.74) is 1.74. The molecule has 130 valence electrons.